The summed E-state index contributed by atoms with van der Waals surface area (Å²) in [6, 6.07) is 0.542. The lowest BCUT2D eigenvalue weighted by atomic mass is 10.0. The molecule has 2 heterocycles. The van der Waals surface area contributed by atoms with Gasteiger partial charge in [-0.3, -0.25) is 0 Å². The first-order chi connectivity index (χ1) is 9.24. The van der Waals surface area contributed by atoms with Crippen molar-refractivity contribution in [3.63, 3.8) is 0 Å². The van der Waals surface area contributed by atoms with Gasteiger partial charge < -0.3 is 10.1 Å². The largest absolute Gasteiger partial charge is 0.381 e. The molecule has 106 valence electrons. The van der Waals surface area contributed by atoms with E-state index in [1.807, 2.05) is 11.3 Å². The van der Waals surface area contributed by atoms with Crippen molar-refractivity contribution in [2.45, 2.75) is 64.0 Å². The molecule has 1 aliphatic carbocycles. The third kappa shape index (κ3) is 3.36. The second-order valence-corrected chi connectivity index (χ2v) is 7.17. The van der Waals surface area contributed by atoms with Gasteiger partial charge in [-0.05, 0) is 25.7 Å². The minimum Gasteiger partial charge on any atom is -0.381 e. The van der Waals surface area contributed by atoms with Crippen LogP contribution in [0.5, 0.6) is 0 Å². The lowest BCUT2D eigenvalue weighted by Gasteiger charge is -2.19. The Labute approximate surface area is 119 Å². The zero-order valence-corrected chi connectivity index (χ0v) is 12.8. The fourth-order valence-electron chi connectivity index (χ4n) is 2.60. The van der Waals surface area contributed by atoms with Crippen LogP contribution in [0, 0.1) is 0 Å². The van der Waals surface area contributed by atoms with Crippen LogP contribution in [0.3, 0.4) is 0 Å². The highest BCUT2D eigenvalue weighted by molar-refractivity contribution is 7.11. The summed E-state index contributed by atoms with van der Waals surface area (Å²) in [5.41, 5.74) is 1.40. The molecule has 0 atom stereocenters. The fraction of sp³-hybridized carbons (Fsp3) is 0.800. The predicted octanol–water partition coefficient (Wildman–Crippen LogP) is 3.41. The standard InChI is InChI=1S/C15H24N2OS/c1-10(2)16-9-13-14(11-3-4-11)17-15(19-13)12-5-7-18-8-6-12/h10-12,16H,3-9H2,1-2H3. The van der Waals surface area contributed by atoms with Gasteiger partial charge in [-0.25, -0.2) is 4.98 Å². The van der Waals surface area contributed by atoms with Crippen LogP contribution < -0.4 is 5.32 Å². The van der Waals surface area contributed by atoms with Crippen LogP contribution in [-0.4, -0.2) is 24.2 Å². The molecule has 0 unspecified atom stereocenters. The van der Waals surface area contributed by atoms with E-state index in [2.05, 4.69) is 19.2 Å². The van der Waals surface area contributed by atoms with E-state index in [-0.39, 0.29) is 0 Å². The van der Waals surface area contributed by atoms with Crippen LogP contribution in [0.1, 0.15) is 66.9 Å². The number of thiazole rings is 1. The smallest absolute Gasteiger partial charge is 0.0964 e. The maximum atomic E-state index is 5.46. The Morgan fingerprint density at radius 3 is 2.58 bits per heavy atom. The number of hydrogen-bond acceptors (Lipinski definition) is 4. The van der Waals surface area contributed by atoms with Crippen LogP contribution in [0.15, 0.2) is 0 Å². The van der Waals surface area contributed by atoms with Gasteiger partial charge in [0.1, 0.15) is 0 Å². The van der Waals surface area contributed by atoms with Gasteiger partial charge in [-0.1, -0.05) is 13.8 Å². The van der Waals surface area contributed by atoms with Gasteiger partial charge in [0.05, 0.1) is 10.7 Å². The molecule has 1 saturated carbocycles. The number of aromatic nitrogens is 1. The monoisotopic (exact) mass is 280 g/mol. The van der Waals surface area contributed by atoms with Crippen molar-refractivity contribution in [3.05, 3.63) is 15.6 Å². The number of hydrogen-bond donors (Lipinski definition) is 1. The molecule has 1 aromatic heterocycles. The zero-order chi connectivity index (χ0) is 13.2. The molecule has 4 heteroatoms. The Balaban J connectivity index is 1.75. The molecule has 3 nitrogen and oxygen atoms in total. The molecule has 0 spiro atoms. The normalized spacial score (nSPS) is 21.2. The van der Waals surface area contributed by atoms with Crippen molar-refractivity contribution in [1.82, 2.24) is 10.3 Å². The van der Waals surface area contributed by atoms with E-state index < -0.39 is 0 Å². The fourth-order valence-corrected chi connectivity index (χ4v) is 3.87. The van der Waals surface area contributed by atoms with Crippen LogP contribution in [0.4, 0.5) is 0 Å². The number of nitrogens with zero attached hydrogens (tertiary/aromatic N) is 1. The summed E-state index contributed by atoms with van der Waals surface area (Å²) >= 11 is 1.95. The zero-order valence-electron chi connectivity index (χ0n) is 11.9. The Kier molecular flexibility index (Phi) is 4.20. The SMILES string of the molecule is CC(C)NCc1sc(C2CCOCC2)nc1C1CC1. The summed E-state index contributed by atoms with van der Waals surface area (Å²) in [5.74, 6) is 1.40. The first-order valence-electron chi connectivity index (χ1n) is 7.54. The van der Waals surface area contributed by atoms with E-state index in [0.29, 0.717) is 12.0 Å². The van der Waals surface area contributed by atoms with E-state index in [1.165, 1.54) is 28.4 Å². The summed E-state index contributed by atoms with van der Waals surface area (Å²) < 4.78 is 5.46. The summed E-state index contributed by atoms with van der Waals surface area (Å²) in [6.07, 6.45) is 4.97. The lowest BCUT2D eigenvalue weighted by molar-refractivity contribution is 0.0852. The van der Waals surface area contributed by atoms with Gasteiger partial charge in [-0.15, -0.1) is 11.3 Å². The quantitative estimate of drug-likeness (QED) is 0.897. The van der Waals surface area contributed by atoms with Gasteiger partial charge in [0.15, 0.2) is 0 Å². The summed E-state index contributed by atoms with van der Waals surface area (Å²) in [6.45, 7) is 7.21. The van der Waals surface area contributed by atoms with Gasteiger partial charge in [0.25, 0.3) is 0 Å². The second kappa shape index (κ2) is 5.90. The van der Waals surface area contributed by atoms with Crippen LogP contribution >= 0.6 is 11.3 Å². The van der Waals surface area contributed by atoms with Crippen molar-refractivity contribution in [1.29, 1.82) is 0 Å². The molecule has 0 amide bonds. The van der Waals surface area contributed by atoms with Crippen molar-refractivity contribution in [3.8, 4) is 0 Å². The van der Waals surface area contributed by atoms with E-state index in [1.54, 1.807) is 0 Å². The Morgan fingerprint density at radius 2 is 1.95 bits per heavy atom. The molecule has 0 aromatic carbocycles. The topological polar surface area (TPSA) is 34.1 Å². The van der Waals surface area contributed by atoms with E-state index in [0.717, 1.165) is 38.5 Å². The third-order valence-corrected chi connectivity index (χ3v) is 5.18. The van der Waals surface area contributed by atoms with E-state index in [4.69, 9.17) is 9.72 Å². The predicted molar refractivity (Wildman–Crippen MR) is 78.9 cm³/mol. The molecule has 2 fully saturated rings. The number of rotatable bonds is 5. The molecule has 1 N–H and O–H groups in total. The molecular formula is C15H24N2OS. The molecule has 2 aliphatic rings. The lowest BCUT2D eigenvalue weighted by Crippen LogP contribution is -2.21. The van der Waals surface area contributed by atoms with Gasteiger partial charge in [0.2, 0.25) is 0 Å². The minimum atomic E-state index is 0.542. The summed E-state index contributed by atoms with van der Waals surface area (Å²) in [7, 11) is 0. The molecular weight excluding hydrogens is 256 g/mol. The van der Waals surface area contributed by atoms with E-state index in [9.17, 15) is 0 Å². The maximum Gasteiger partial charge on any atom is 0.0964 e. The first-order valence-corrected chi connectivity index (χ1v) is 8.36. The number of nitrogens with one attached hydrogen (secondary N) is 1. The van der Waals surface area contributed by atoms with Crippen LogP contribution in [-0.2, 0) is 11.3 Å². The van der Waals surface area contributed by atoms with Crippen molar-refractivity contribution >= 4 is 11.3 Å². The molecule has 1 saturated heterocycles. The van der Waals surface area contributed by atoms with E-state index >= 15 is 0 Å². The third-order valence-electron chi connectivity index (χ3n) is 3.95. The summed E-state index contributed by atoms with van der Waals surface area (Å²) in [4.78, 5) is 6.48. The average molecular weight is 280 g/mol. The van der Waals surface area contributed by atoms with Gasteiger partial charge in [-0.2, -0.15) is 0 Å². The van der Waals surface area contributed by atoms with Gasteiger partial charge in [0, 0.05) is 42.5 Å². The molecule has 1 aliphatic heterocycles. The number of ether oxygens (including phenoxy) is 1. The highest BCUT2D eigenvalue weighted by Crippen LogP contribution is 2.44. The maximum absolute atomic E-state index is 5.46. The molecule has 3 rings (SSSR count). The van der Waals surface area contributed by atoms with Crippen LogP contribution in [0.2, 0.25) is 0 Å². The van der Waals surface area contributed by atoms with Gasteiger partial charge >= 0.3 is 0 Å². The Bertz CT molecular complexity index is 420. The van der Waals surface area contributed by atoms with Crippen molar-refractivity contribution in [2.75, 3.05) is 13.2 Å². The first kappa shape index (κ1) is 13.5. The Hall–Kier alpha value is -0.450. The summed E-state index contributed by atoms with van der Waals surface area (Å²) in [5, 5.41) is 4.91. The molecule has 0 bridgehead atoms. The molecule has 0 radical (unpaired) electrons. The molecule has 1 aromatic rings. The highest BCUT2D eigenvalue weighted by Gasteiger charge is 2.31. The average Bonchev–Trinajstić information content (AvgIpc) is 3.17. The minimum absolute atomic E-state index is 0.542. The highest BCUT2D eigenvalue weighted by atomic mass is 32.1. The molecule has 19 heavy (non-hydrogen) atoms. The Morgan fingerprint density at radius 1 is 1.21 bits per heavy atom. The van der Waals surface area contributed by atoms with Crippen LogP contribution in [0.25, 0.3) is 0 Å². The van der Waals surface area contributed by atoms with Crippen molar-refractivity contribution < 1.29 is 4.74 Å². The second-order valence-electron chi connectivity index (χ2n) is 6.06. The van der Waals surface area contributed by atoms with Crippen molar-refractivity contribution in [2.24, 2.45) is 0 Å².